The van der Waals surface area contributed by atoms with E-state index in [-0.39, 0.29) is 18.3 Å². The standard InChI is InChI=1S/C17H19FN2O3/c1-11(21)19-9-14-10-20(17(22)23-14)13-7-12-5-3-2-4-6-15(12)16(18)8-13/h4,6-8,14H,2-3,5,9-10H2,1H3,(H,19,21). The lowest BCUT2D eigenvalue weighted by Crippen LogP contribution is -2.33. The fourth-order valence-corrected chi connectivity index (χ4v) is 2.92. The van der Waals surface area contributed by atoms with Crippen LogP contribution >= 0.6 is 0 Å². The van der Waals surface area contributed by atoms with E-state index in [0.29, 0.717) is 17.8 Å². The molecule has 0 bridgehead atoms. The minimum Gasteiger partial charge on any atom is -0.442 e. The maximum atomic E-state index is 14.4. The van der Waals surface area contributed by atoms with Crippen LogP contribution in [0.4, 0.5) is 14.9 Å². The quantitative estimate of drug-likeness (QED) is 0.932. The van der Waals surface area contributed by atoms with Crippen molar-refractivity contribution < 1.29 is 18.7 Å². The van der Waals surface area contributed by atoms with E-state index in [1.54, 1.807) is 0 Å². The Morgan fingerprint density at radius 2 is 2.30 bits per heavy atom. The molecule has 0 spiro atoms. The van der Waals surface area contributed by atoms with Gasteiger partial charge in [-0.3, -0.25) is 9.69 Å². The summed E-state index contributed by atoms with van der Waals surface area (Å²) in [7, 11) is 0. The lowest BCUT2D eigenvalue weighted by atomic mass is 10.0. The SMILES string of the molecule is CC(=O)NCC1CN(c2cc(F)c3c(c2)CCCC=C3)C(=O)O1. The van der Waals surface area contributed by atoms with E-state index < -0.39 is 12.2 Å². The largest absolute Gasteiger partial charge is 0.442 e. The number of carbonyl (C=O) groups excluding carboxylic acids is 2. The van der Waals surface area contributed by atoms with Crippen LogP contribution in [0.2, 0.25) is 0 Å². The van der Waals surface area contributed by atoms with Crippen LogP contribution in [-0.4, -0.2) is 31.2 Å². The molecule has 0 radical (unpaired) electrons. The Morgan fingerprint density at radius 1 is 1.48 bits per heavy atom. The van der Waals surface area contributed by atoms with Crippen LogP contribution in [0, 0.1) is 5.82 Å². The number of rotatable bonds is 3. The molecule has 1 saturated heterocycles. The first-order valence-electron chi connectivity index (χ1n) is 7.76. The second kappa shape index (κ2) is 6.40. The van der Waals surface area contributed by atoms with Gasteiger partial charge in [-0.25, -0.2) is 9.18 Å². The number of benzene rings is 1. The number of anilines is 1. The third kappa shape index (κ3) is 3.36. The molecule has 0 aromatic heterocycles. The van der Waals surface area contributed by atoms with Gasteiger partial charge in [0.1, 0.15) is 11.9 Å². The highest BCUT2D eigenvalue weighted by atomic mass is 19.1. The Morgan fingerprint density at radius 3 is 3.09 bits per heavy atom. The number of hydrogen-bond acceptors (Lipinski definition) is 3. The normalized spacial score (nSPS) is 20.0. The van der Waals surface area contributed by atoms with Crippen LogP contribution in [0.15, 0.2) is 18.2 Å². The molecule has 6 heteroatoms. The second-order valence-corrected chi connectivity index (χ2v) is 5.85. The van der Waals surface area contributed by atoms with Crippen molar-refractivity contribution in [1.82, 2.24) is 5.32 Å². The first-order valence-corrected chi connectivity index (χ1v) is 7.76. The first kappa shape index (κ1) is 15.5. The zero-order valence-electron chi connectivity index (χ0n) is 13.0. The van der Waals surface area contributed by atoms with Crippen molar-refractivity contribution in [3.63, 3.8) is 0 Å². The summed E-state index contributed by atoms with van der Waals surface area (Å²) in [6.45, 7) is 1.96. The third-order valence-corrected chi connectivity index (χ3v) is 4.07. The van der Waals surface area contributed by atoms with Gasteiger partial charge in [0.25, 0.3) is 0 Å². The molecule has 2 amide bonds. The van der Waals surface area contributed by atoms with Crippen LogP contribution in [0.1, 0.15) is 30.9 Å². The zero-order chi connectivity index (χ0) is 16.4. The molecular formula is C17H19FN2O3. The molecule has 1 N–H and O–H groups in total. The van der Waals surface area contributed by atoms with E-state index in [2.05, 4.69) is 5.32 Å². The summed E-state index contributed by atoms with van der Waals surface area (Å²) in [4.78, 5) is 24.4. The van der Waals surface area contributed by atoms with Crippen molar-refractivity contribution in [3.8, 4) is 0 Å². The lowest BCUT2D eigenvalue weighted by molar-refractivity contribution is -0.119. The van der Waals surface area contributed by atoms with Crippen molar-refractivity contribution in [2.75, 3.05) is 18.0 Å². The third-order valence-electron chi connectivity index (χ3n) is 4.07. The maximum absolute atomic E-state index is 14.4. The molecule has 2 aliphatic rings. The van der Waals surface area contributed by atoms with Crippen LogP contribution in [0.25, 0.3) is 6.08 Å². The zero-order valence-corrected chi connectivity index (χ0v) is 13.0. The molecule has 3 rings (SSSR count). The number of aryl methyl sites for hydroxylation is 1. The van der Waals surface area contributed by atoms with Gasteiger partial charge in [0.15, 0.2) is 0 Å². The number of halogens is 1. The van der Waals surface area contributed by atoms with Crippen LogP contribution in [-0.2, 0) is 16.0 Å². The van der Waals surface area contributed by atoms with E-state index in [4.69, 9.17) is 4.74 Å². The molecule has 0 saturated carbocycles. The van der Waals surface area contributed by atoms with Gasteiger partial charge in [-0.1, -0.05) is 12.2 Å². The molecule has 1 fully saturated rings. The van der Waals surface area contributed by atoms with Gasteiger partial charge in [-0.15, -0.1) is 0 Å². The molecule has 1 unspecified atom stereocenters. The van der Waals surface area contributed by atoms with E-state index in [9.17, 15) is 14.0 Å². The minimum absolute atomic E-state index is 0.178. The van der Waals surface area contributed by atoms with E-state index in [1.165, 1.54) is 17.9 Å². The summed E-state index contributed by atoms with van der Waals surface area (Å²) in [6, 6.07) is 3.23. The van der Waals surface area contributed by atoms with Crippen molar-refractivity contribution >= 4 is 23.8 Å². The lowest BCUT2D eigenvalue weighted by Gasteiger charge is -2.16. The highest BCUT2D eigenvalue weighted by Crippen LogP contribution is 2.29. The molecule has 1 aliphatic heterocycles. The predicted octanol–water partition coefficient (Wildman–Crippen LogP) is 2.64. The van der Waals surface area contributed by atoms with Crippen LogP contribution in [0.5, 0.6) is 0 Å². The summed E-state index contributed by atoms with van der Waals surface area (Å²) < 4.78 is 19.6. The van der Waals surface area contributed by atoms with Gasteiger partial charge in [0.05, 0.1) is 18.8 Å². The molecule has 1 aliphatic carbocycles. The van der Waals surface area contributed by atoms with E-state index in [0.717, 1.165) is 24.8 Å². The number of allylic oxidation sites excluding steroid dienone is 1. The fraction of sp³-hybridized carbons (Fsp3) is 0.412. The Kier molecular flexibility index (Phi) is 4.32. The minimum atomic E-state index is -0.510. The Hall–Kier alpha value is -2.37. The fourth-order valence-electron chi connectivity index (χ4n) is 2.92. The Labute approximate surface area is 134 Å². The van der Waals surface area contributed by atoms with Crippen LogP contribution in [0.3, 0.4) is 0 Å². The molecule has 23 heavy (non-hydrogen) atoms. The summed E-state index contributed by atoms with van der Waals surface area (Å²) in [5.74, 6) is -0.504. The number of amides is 2. The first-order chi connectivity index (χ1) is 11.0. The van der Waals surface area contributed by atoms with Gasteiger partial charge in [-0.2, -0.15) is 0 Å². The number of nitrogens with one attached hydrogen (secondary N) is 1. The average Bonchev–Trinajstić information content (AvgIpc) is 2.71. The second-order valence-electron chi connectivity index (χ2n) is 5.85. The van der Waals surface area contributed by atoms with E-state index in [1.807, 2.05) is 18.2 Å². The van der Waals surface area contributed by atoms with Crippen molar-refractivity contribution in [2.45, 2.75) is 32.3 Å². The molecule has 1 atom stereocenters. The van der Waals surface area contributed by atoms with Gasteiger partial charge in [-0.05, 0) is 37.0 Å². The predicted molar refractivity (Wildman–Crippen MR) is 84.7 cm³/mol. The summed E-state index contributed by atoms with van der Waals surface area (Å²) >= 11 is 0. The van der Waals surface area contributed by atoms with Crippen molar-refractivity contribution in [2.24, 2.45) is 0 Å². The number of cyclic esters (lactones) is 1. The van der Waals surface area contributed by atoms with E-state index >= 15 is 0 Å². The smallest absolute Gasteiger partial charge is 0.414 e. The number of nitrogens with zero attached hydrogens (tertiary/aromatic N) is 1. The maximum Gasteiger partial charge on any atom is 0.414 e. The molecule has 1 aromatic carbocycles. The number of ether oxygens (including phenoxy) is 1. The summed E-state index contributed by atoms with van der Waals surface area (Å²) in [5.41, 5.74) is 2.02. The van der Waals surface area contributed by atoms with Crippen LogP contribution < -0.4 is 10.2 Å². The number of carbonyl (C=O) groups is 2. The van der Waals surface area contributed by atoms with Gasteiger partial charge in [0.2, 0.25) is 5.91 Å². The molecule has 5 nitrogen and oxygen atoms in total. The van der Waals surface area contributed by atoms with Crippen molar-refractivity contribution in [3.05, 3.63) is 35.2 Å². The molecular weight excluding hydrogens is 299 g/mol. The number of fused-ring (bicyclic) bond motifs is 1. The van der Waals surface area contributed by atoms with Gasteiger partial charge in [0, 0.05) is 12.5 Å². The highest BCUT2D eigenvalue weighted by Gasteiger charge is 2.33. The summed E-state index contributed by atoms with van der Waals surface area (Å²) in [6.07, 6.45) is 5.52. The van der Waals surface area contributed by atoms with Crippen molar-refractivity contribution in [1.29, 1.82) is 0 Å². The summed E-state index contributed by atoms with van der Waals surface area (Å²) in [5, 5.41) is 2.62. The molecule has 122 valence electrons. The Bertz CT molecular complexity index is 672. The average molecular weight is 318 g/mol. The molecule has 1 aromatic rings. The van der Waals surface area contributed by atoms with Gasteiger partial charge < -0.3 is 10.1 Å². The highest BCUT2D eigenvalue weighted by molar-refractivity contribution is 5.90. The van der Waals surface area contributed by atoms with Gasteiger partial charge >= 0.3 is 6.09 Å². The Balaban J connectivity index is 1.81. The monoisotopic (exact) mass is 318 g/mol. The topological polar surface area (TPSA) is 58.6 Å². The molecule has 1 heterocycles. The number of hydrogen-bond donors (Lipinski definition) is 1.